The van der Waals surface area contributed by atoms with Crippen LogP contribution in [0.4, 0.5) is 8.78 Å². The number of nitrogens with one attached hydrogen (secondary N) is 3. The van der Waals surface area contributed by atoms with E-state index >= 15 is 4.79 Å². The van der Waals surface area contributed by atoms with E-state index < -0.39 is 83.9 Å². The number of thiophene rings is 1. The number of ether oxygens (including phenoxy) is 2. The minimum atomic E-state index is -5.86. The molecular weight excluding hydrogens is 1130 g/mol. The molecule has 4 atom stereocenters. The van der Waals surface area contributed by atoms with Crippen LogP contribution in [0.1, 0.15) is 143 Å². The number of hydrogen-bond acceptors (Lipinski definition) is 12. The molecule has 0 bridgehead atoms. The second kappa shape index (κ2) is 25.7. The fourth-order valence-electron chi connectivity index (χ4n) is 10.7. The number of fused-ring (bicyclic) bond motifs is 3. The Hall–Kier alpha value is -7.67. The number of nitrogens with zero attached hydrogens (tertiary/aromatic N) is 3. The van der Waals surface area contributed by atoms with Crippen LogP contribution in [-0.2, 0) is 51.9 Å². The number of amides is 8. The van der Waals surface area contributed by atoms with Gasteiger partial charge in [-0.1, -0.05) is 101 Å². The van der Waals surface area contributed by atoms with E-state index in [-0.39, 0.29) is 85.3 Å². The average molecular weight is 1190 g/mol. The first-order chi connectivity index (χ1) is 40.0. The number of alkyl halides is 2. The molecule has 19 nitrogen and oxygen atoms in total. The standard InChI is InChI=1S/C61H65F2N6O13PS/c1-60(2,3)53(66-55(73)50-33-40-30-42(20-24-49(40)84-50)61(62,63)83(78,79)80)59(77)68-34-41-31-43(21-19-39(41)32-47(68)58(76)67-27-28-81-48(35-67)38-16-12-10-13-17-38)82-36-52(71)64-26-14-9-7-5-4-6-8-11-15-37-18-22-44-45(29-37)57(75)69(56(44)74)46-23-25-51(70)65-54(46)72/h10,12-13,16-22,24,29-31,33,46-48,53H,4-9,14,23,25-28,32,34-36H2,1-3H3,(H,64,71)(H,66,73)(H,65,70,72)(H2,78,79,80)/t46?,47-,48-,53+/m0/s1. The van der Waals surface area contributed by atoms with Crippen molar-refractivity contribution in [2.45, 2.75) is 121 Å². The lowest BCUT2D eigenvalue weighted by Crippen LogP contribution is -2.61. The van der Waals surface area contributed by atoms with Crippen LogP contribution in [0.5, 0.6) is 5.75 Å². The lowest BCUT2D eigenvalue weighted by atomic mass is 9.84. The van der Waals surface area contributed by atoms with Crippen LogP contribution in [0.15, 0.2) is 91.0 Å². The molecule has 4 aromatic carbocycles. The molecule has 9 rings (SSSR count). The first-order valence-electron chi connectivity index (χ1n) is 27.9. The van der Waals surface area contributed by atoms with Gasteiger partial charge in [-0.15, -0.1) is 11.3 Å². The van der Waals surface area contributed by atoms with Gasteiger partial charge in [-0.3, -0.25) is 53.1 Å². The maximum atomic E-state index is 15.1. The second-order valence-electron chi connectivity index (χ2n) is 22.4. The lowest BCUT2D eigenvalue weighted by molar-refractivity contribution is -0.153. The van der Waals surface area contributed by atoms with Gasteiger partial charge in [-0.25, -0.2) is 0 Å². The van der Waals surface area contributed by atoms with E-state index in [1.165, 1.54) is 17.0 Å². The van der Waals surface area contributed by atoms with Gasteiger partial charge in [-0.2, -0.15) is 8.78 Å². The summed E-state index contributed by atoms with van der Waals surface area (Å²) in [6.07, 6.45) is 5.89. The summed E-state index contributed by atoms with van der Waals surface area (Å²) in [7, 11) is -5.86. The zero-order valence-electron chi connectivity index (χ0n) is 46.6. The fraction of sp³-hybridized carbons (Fsp3) is 0.410. The lowest BCUT2D eigenvalue weighted by Gasteiger charge is -2.43. The normalized spacial score (nSPS) is 18.6. The number of halogens is 2. The van der Waals surface area contributed by atoms with Gasteiger partial charge in [0.05, 0.1) is 29.2 Å². The summed E-state index contributed by atoms with van der Waals surface area (Å²) in [5.41, 5.74) is -2.99. The molecule has 1 aromatic heterocycles. The van der Waals surface area contributed by atoms with Crippen LogP contribution in [0, 0.1) is 17.3 Å². The summed E-state index contributed by atoms with van der Waals surface area (Å²) >= 11 is 0.951. The molecule has 0 aliphatic carbocycles. The Kier molecular flexibility index (Phi) is 18.6. The Morgan fingerprint density at radius 3 is 2.36 bits per heavy atom. The van der Waals surface area contributed by atoms with Gasteiger partial charge in [0, 0.05) is 54.7 Å². The van der Waals surface area contributed by atoms with E-state index in [0.717, 1.165) is 78.0 Å². The van der Waals surface area contributed by atoms with Gasteiger partial charge in [0.1, 0.15) is 30.0 Å². The highest BCUT2D eigenvalue weighted by atomic mass is 32.1. The first kappa shape index (κ1) is 60.9. The van der Waals surface area contributed by atoms with Crippen molar-refractivity contribution in [3.8, 4) is 17.6 Å². The predicted octanol–water partition coefficient (Wildman–Crippen LogP) is 7.51. The molecule has 1 unspecified atom stereocenters. The highest BCUT2D eigenvalue weighted by Gasteiger charge is 2.51. The Bertz CT molecular complexity index is 3520. The molecule has 5 heterocycles. The van der Waals surface area contributed by atoms with Gasteiger partial charge in [0.15, 0.2) is 6.61 Å². The van der Waals surface area contributed by atoms with Crippen molar-refractivity contribution in [1.29, 1.82) is 0 Å². The number of imide groups is 2. The first-order valence-corrected chi connectivity index (χ1v) is 30.3. The molecule has 2 saturated heterocycles. The summed E-state index contributed by atoms with van der Waals surface area (Å²) in [5.74, 6) is 2.45. The third-order valence-corrected chi connectivity index (χ3v) is 17.5. The van der Waals surface area contributed by atoms with Crippen LogP contribution in [-0.4, -0.2) is 123 Å². The van der Waals surface area contributed by atoms with E-state index in [2.05, 4.69) is 27.8 Å². The van der Waals surface area contributed by atoms with Gasteiger partial charge in [0.2, 0.25) is 23.6 Å². The SMILES string of the molecule is CC(C)(C)[C@H](NC(=O)c1cc2cc(C(F)(F)P(=O)(O)O)ccc2s1)C(=O)N1Cc2cc(OCC(=O)NCCCCCCCCC#Cc3ccc4c(c3)C(=O)N(C3CCC(=O)NC3=O)C4=O)ccc2C[C@H]1C(=O)N1CCO[C@H](c2ccccc2)C1. The topological polar surface area (TPSA) is 258 Å². The molecule has 23 heteroatoms. The number of morpholine rings is 1. The molecule has 8 amide bonds. The minimum Gasteiger partial charge on any atom is -0.484 e. The van der Waals surface area contributed by atoms with Crippen LogP contribution < -0.4 is 20.7 Å². The Morgan fingerprint density at radius 1 is 0.881 bits per heavy atom. The number of carbonyl (C=O) groups is 8. The number of rotatable bonds is 19. The highest BCUT2D eigenvalue weighted by Crippen LogP contribution is 2.59. The number of benzene rings is 4. The zero-order valence-corrected chi connectivity index (χ0v) is 48.3. The van der Waals surface area contributed by atoms with Crippen LogP contribution in [0.2, 0.25) is 0 Å². The van der Waals surface area contributed by atoms with E-state index in [4.69, 9.17) is 9.47 Å². The fourth-order valence-corrected chi connectivity index (χ4v) is 12.2. The predicted molar refractivity (Wildman–Crippen MR) is 305 cm³/mol. The minimum absolute atomic E-state index is 0.0423. The summed E-state index contributed by atoms with van der Waals surface area (Å²) in [6.45, 7) is 6.20. The Morgan fingerprint density at radius 2 is 1.62 bits per heavy atom. The van der Waals surface area contributed by atoms with Crippen molar-refractivity contribution >= 4 is 76.3 Å². The zero-order chi connectivity index (χ0) is 60.1. The number of unbranched alkanes of at least 4 members (excludes halogenated alkanes) is 6. The molecule has 5 N–H and O–H groups in total. The van der Waals surface area contributed by atoms with Crippen LogP contribution in [0.25, 0.3) is 10.1 Å². The third-order valence-electron chi connectivity index (χ3n) is 15.4. The Balaban J connectivity index is 0.772. The van der Waals surface area contributed by atoms with Crippen molar-refractivity contribution in [2.75, 3.05) is 32.8 Å². The summed E-state index contributed by atoms with van der Waals surface area (Å²) in [6, 6.07) is 20.7. The van der Waals surface area contributed by atoms with E-state index in [0.29, 0.717) is 34.5 Å². The molecule has 0 radical (unpaired) electrons. The smallest absolute Gasteiger partial charge is 0.399 e. The second-order valence-corrected chi connectivity index (χ2v) is 25.1. The maximum absolute atomic E-state index is 15.1. The quantitative estimate of drug-likeness (QED) is 0.0233. The summed E-state index contributed by atoms with van der Waals surface area (Å²) in [4.78, 5) is 130. The van der Waals surface area contributed by atoms with Gasteiger partial charge < -0.3 is 39.7 Å². The van der Waals surface area contributed by atoms with Gasteiger partial charge in [-0.05, 0) is 95.3 Å². The monoisotopic (exact) mass is 1190 g/mol. The van der Waals surface area contributed by atoms with E-state index in [1.54, 1.807) is 56.0 Å². The third kappa shape index (κ3) is 13.8. The average Bonchev–Trinajstić information content (AvgIpc) is 1.74. The largest absolute Gasteiger partial charge is 0.484 e. The molecular formula is C61H65F2N6O13PS. The highest BCUT2D eigenvalue weighted by molar-refractivity contribution is 7.52. The molecule has 4 aliphatic rings. The maximum Gasteiger partial charge on any atom is 0.399 e. The van der Waals surface area contributed by atoms with Crippen molar-refractivity contribution < 1.29 is 71.0 Å². The summed E-state index contributed by atoms with van der Waals surface area (Å²) < 4.78 is 53.4. The summed E-state index contributed by atoms with van der Waals surface area (Å²) in [5, 5.41) is 8.10. The molecule has 0 saturated carbocycles. The molecule has 2 fully saturated rings. The number of hydrogen-bond donors (Lipinski definition) is 5. The van der Waals surface area contributed by atoms with Crippen LogP contribution in [0.3, 0.4) is 0 Å². The number of carbonyl (C=O) groups excluding carboxylic acids is 8. The van der Waals surface area contributed by atoms with Gasteiger partial charge in [0.25, 0.3) is 23.6 Å². The Labute approximate surface area is 488 Å². The van der Waals surface area contributed by atoms with Crippen molar-refractivity contribution in [3.05, 3.63) is 135 Å². The molecule has 442 valence electrons. The van der Waals surface area contributed by atoms with Crippen molar-refractivity contribution in [1.82, 2.24) is 30.7 Å². The molecule has 84 heavy (non-hydrogen) atoms. The van der Waals surface area contributed by atoms with Crippen LogP contribution >= 0.6 is 18.9 Å². The van der Waals surface area contributed by atoms with E-state index in [1.807, 2.05) is 36.4 Å². The molecule has 4 aliphatic heterocycles. The van der Waals surface area contributed by atoms with Crippen molar-refractivity contribution in [3.63, 3.8) is 0 Å². The molecule has 5 aromatic rings. The van der Waals surface area contributed by atoms with Gasteiger partial charge >= 0.3 is 13.3 Å². The number of piperidine rings is 1. The van der Waals surface area contributed by atoms with E-state index in [9.17, 15) is 56.7 Å². The molecule has 0 spiro atoms. The van der Waals surface area contributed by atoms with Crippen molar-refractivity contribution in [2.24, 2.45) is 5.41 Å².